The van der Waals surface area contributed by atoms with Gasteiger partial charge < -0.3 is 21.5 Å². The molecule has 30 heavy (non-hydrogen) atoms. The lowest BCUT2D eigenvalue weighted by Gasteiger charge is -2.63. The van der Waals surface area contributed by atoms with Crippen molar-refractivity contribution in [1.82, 2.24) is 5.32 Å². The molecule has 0 aromatic heterocycles. The molecule has 0 radical (unpaired) electrons. The molecule has 4 fully saturated rings. The molecular weight excluding hydrogens is 382 g/mol. The van der Waals surface area contributed by atoms with Crippen LogP contribution in [0.3, 0.4) is 0 Å². The molecule has 4 atom stereocenters. The minimum atomic E-state index is -0.896. The van der Waals surface area contributed by atoms with Crippen molar-refractivity contribution in [3.8, 4) is 0 Å². The minimum absolute atomic E-state index is 0.174. The van der Waals surface area contributed by atoms with E-state index < -0.39 is 28.8 Å². The average molecular weight is 414 g/mol. The van der Waals surface area contributed by atoms with E-state index in [1.165, 1.54) is 7.11 Å². The van der Waals surface area contributed by atoms with E-state index in [-0.39, 0.29) is 18.3 Å². The number of carbonyl (C=O) groups is 3. The predicted octanol–water partition coefficient (Wildman–Crippen LogP) is 0.939. The van der Waals surface area contributed by atoms with Gasteiger partial charge >= 0.3 is 5.97 Å². The summed E-state index contributed by atoms with van der Waals surface area (Å²) < 4.78 is 5.21. The van der Waals surface area contributed by atoms with E-state index in [1.807, 2.05) is 30.3 Å². The molecule has 0 heterocycles. The van der Waals surface area contributed by atoms with Gasteiger partial charge in [0.15, 0.2) is 5.78 Å². The number of carbonyl (C=O) groups excluding carboxylic acids is 3. The minimum Gasteiger partial charge on any atom is -0.469 e. The molecule has 162 valence electrons. The Bertz CT molecular complexity index is 826. The molecule has 1 aromatic rings. The van der Waals surface area contributed by atoms with Gasteiger partial charge in [0, 0.05) is 5.54 Å². The molecule has 5 N–H and O–H groups in total. The van der Waals surface area contributed by atoms with Crippen molar-refractivity contribution in [3.63, 3.8) is 0 Å². The van der Waals surface area contributed by atoms with Crippen LogP contribution in [0, 0.1) is 23.2 Å². The molecule has 7 nitrogen and oxygen atoms in total. The number of Topliss-reactive ketones (excluding diaryl/α,β-unsaturated/α-hetero) is 1. The number of ether oxygens (including phenoxy) is 1. The molecule has 1 aromatic carbocycles. The Morgan fingerprint density at radius 1 is 1.13 bits per heavy atom. The van der Waals surface area contributed by atoms with Gasteiger partial charge in [0.25, 0.3) is 0 Å². The fraction of sp³-hybridized carbons (Fsp3) is 0.609. The van der Waals surface area contributed by atoms with Gasteiger partial charge in [0.1, 0.15) is 0 Å². The van der Waals surface area contributed by atoms with Crippen LogP contribution in [0.25, 0.3) is 0 Å². The van der Waals surface area contributed by atoms with Gasteiger partial charge in [-0.2, -0.15) is 0 Å². The van der Waals surface area contributed by atoms with Crippen LogP contribution in [0.2, 0.25) is 0 Å². The topological polar surface area (TPSA) is 125 Å². The summed E-state index contributed by atoms with van der Waals surface area (Å²) in [6.07, 6.45) is 4.14. The standard InChI is InChI=1S/C23H31N3O4/c1-30-21(29)22-9-15-7-16(10-22)12-23(25,11-15)20(22)19(28)17(26-18(27)13-24)8-14-5-3-2-4-6-14/h2-6,15-17,20H,7-13,24-25H2,1H3,(H,26,27)/t15?,16?,17-,20?,22?,23?/m0/s1. The Hall–Kier alpha value is -2.25. The molecule has 5 rings (SSSR count). The van der Waals surface area contributed by atoms with Crippen LogP contribution in [-0.2, 0) is 25.5 Å². The fourth-order valence-corrected chi connectivity index (χ4v) is 6.81. The summed E-state index contributed by atoms with van der Waals surface area (Å²) in [7, 11) is 1.38. The SMILES string of the molecule is COC(=O)C12CC3CC(CC(N)(C3)C1C(=O)[C@H](Cc1ccccc1)NC(=O)CN)C2. The maximum atomic E-state index is 14.0. The highest BCUT2D eigenvalue weighted by Gasteiger charge is 2.68. The number of nitrogens with two attached hydrogens (primary N) is 2. The van der Waals surface area contributed by atoms with Crippen molar-refractivity contribution in [1.29, 1.82) is 0 Å². The van der Waals surface area contributed by atoms with Crippen molar-refractivity contribution in [2.24, 2.45) is 34.6 Å². The summed E-state index contributed by atoms with van der Waals surface area (Å²) in [6.45, 7) is -0.205. The number of ketones is 1. The second-order valence-electron chi connectivity index (χ2n) is 9.51. The van der Waals surface area contributed by atoms with Crippen LogP contribution < -0.4 is 16.8 Å². The maximum absolute atomic E-state index is 14.0. The highest BCUT2D eigenvalue weighted by molar-refractivity contribution is 5.96. The average Bonchev–Trinajstić information content (AvgIpc) is 2.71. The fourth-order valence-electron chi connectivity index (χ4n) is 6.81. The number of benzene rings is 1. The number of nitrogens with one attached hydrogen (secondary N) is 1. The number of methoxy groups -OCH3 is 1. The molecule has 4 saturated carbocycles. The van der Waals surface area contributed by atoms with E-state index in [2.05, 4.69) is 5.32 Å². The highest BCUT2D eigenvalue weighted by Crippen LogP contribution is 2.64. The maximum Gasteiger partial charge on any atom is 0.312 e. The largest absolute Gasteiger partial charge is 0.469 e. The van der Waals surface area contributed by atoms with Gasteiger partial charge in [-0.05, 0) is 55.9 Å². The first-order valence-corrected chi connectivity index (χ1v) is 10.8. The van der Waals surface area contributed by atoms with E-state index in [0.717, 1.165) is 24.8 Å². The molecule has 4 aliphatic rings. The van der Waals surface area contributed by atoms with Gasteiger partial charge in [-0.3, -0.25) is 14.4 Å². The van der Waals surface area contributed by atoms with Gasteiger partial charge in [-0.1, -0.05) is 30.3 Å². The third-order valence-corrected chi connectivity index (χ3v) is 7.46. The van der Waals surface area contributed by atoms with Crippen molar-refractivity contribution in [2.75, 3.05) is 13.7 Å². The first-order valence-electron chi connectivity index (χ1n) is 10.8. The third-order valence-electron chi connectivity index (χ3n) is 7.46. The lowest BCUT2D eigenvalue weighted by molar-refractivity contribution is -0.188. The van der Waals surface area contributed by atoms with Crippen LogP contribution in [-0.4, -0.2) is 42.9 Å². The molecule has 3 unspecified atom stereocenters. The Morgan fingerprint density at radius 2 is 1.77 bits per heavy atom. The molecule has 4 bridgehead atoms. The summed E-state index contributed by atoms with van der Waals surface area (Å²) in [5, 5.41) is 2.79. The Labute approximate surface area is 176 Å². The van der Waals surface area contributed by atoms with Crippen LogP contribution in [0.5, 0.6) is 0 Å². The zero-order valence-corrected chi connectivity index (χ0v) is 17.4. The van der Waals surface area contributed by atoms with Gasteiger partial charge in [-0.15, -0.1) is 0 Å². The summed E-state index contributed by atoms with van der Waals surface area (Å²) >= 11 is 0. The van der Waals surface area contributed by atoms with Crippen molar-refractivity contribution >= 4 is 17.7 Å². The van der Waals surface area contributed by atoms with Crippen molar-refractivity contribution in [3.05, 3.63) is 35.9 Å². The number of hydrogen-bond donors (Lipinski definition) is 3. The van der Waals surface area contributed by atoms with E-state index in [0.29, 0.717) is 31.1 Å². The van der Waals surface area contributed by atoms with Crippen LogP contribution in [0.4, 0.5) is 0 Å². The molecule has 7 heteroatoms. The van der Waals surface area contributed by atoms with Crippen molar-refractivity contribution in [2.45, 2.75) is 50.1 Å². The Morgan fingerprint density at radius 3 is 2.33 bits per heavy atom. The third kappa shape index (κ3) is 3.44. The molecule has 1 amide bonds. The van der Waals surface area contributed by atoms with Crippen LogP contribution >= 0.6 is 0 Å². The van der Waals surface area contributed by atoms with Gasteiger partial charge in [0.05, 0.1) is 31.0 Å². The molecule has 0 spiro atoms. The molecular formula is C23H31N3O4. The summed E-state index contributed by atoms with van der Waals surface area (Å²) in [6, 6.07) is 8.74. The summed E-state index contributed by atoms with van der Waals surface area (Å²) in [5.74, 6) is -0.891. The number of esters is 1. The number of amides is 1. The van der Waals surface area contributed by atoms with E-state index in [1.54, 1.807) is 0 Å². The summed E-state index contributed by atoms with van der Waals surface area (Å²) in [5.41, 5.74) is 11.7. The van der Waals surface area contributed by atoms with Crippen LogP contribution in [0.1, 0.15) is 37.7 Å². The summed E-state index contributed by atoms with van der Waals surface area (Å²) in [4.78, 5) is 39.2. The van der Waals surface area contributed by atoms with Gasteiger partial charge in [0.2, 0.25) is 5.91 Å². The Kier molecular flexibility index (Phi) is 5.45. The first kappa shape index (κ1) is 21.0. The second-order valence-corrected chi connectivity index (χ2v) is 9.51. The predicted molar refractivity (Wildman–Crippen MR) is 111 cm³/mol. The molecule has 0 saturated heterocycles. The quantitative estimate of drug-likeness (QED) is 0.572. The van der Waals surface area contributed by atoms with Crippen LogP contribution in [0.15, 0.2) is 30.3 Å². The lowest BCUT2D eigenvalue weighted by Crippen LogP contribution is -2.72. The zero-order valence-electron chi connectivity index (χ0n) is 17.4. The normalized spacial score (nSPS) is 35.0. The first-order chi connectivity index (χ1) is 14.3. The highest BCUT2D eigenvalue weighted by atomic mass is 16.5. The van der Waals surface area contributed by atoms with E-state index in [4.69, 9.17) is 16.2 Å². The lowest BCUT2D eigenvalue weighted by atomic mass is 9.41. The van der Waals surface area contributed by atoms with E-state index in [9.17, 15) is 14.4 Å². The second kappa shape index (κ2) is 7.78. The van der Waals surface area contributed by atoms with Gasteiger partial charge in [-0.25, -0.2) is 0 Å². The molecule has 0 aliphatic heterocycles. The zero-order chi connectivity index (χ0) is 21.5. The molecule has 4 aliphatic carbocycles. The van der Waals surface area contributed by atoms with Crippen molar-refractivity contribution < 1.29 is 19.1 Å². The monoisotopic (exact) mass is 413 g/mol. The number of hydrogen-bond acceptors (Lipinski definition) is 6. The smallest absolute Gasteiger partial charge is 0.312 e. The van der Waals surface area contributed by atoms with E-state index >= 15 is 0 Å². The Balaban J connectivity index is 1.71. The number of rotatable bonds is 7.